The molecule has 1 aromatic rings. The van der Waals surface area contributed by atoms with Gasteiger partial charge in [-0.1, -0.05) is 0 Å². The fraction of sp³-hybridized carbons (Fsp3) is 0.273. The Balaban J connectivity index is 2.37. The second-order valence-electron chi connectivity index (χ2n) is 3.02. The van der Waals surface area contributed by atoms with Crippen molar-refractivity contribution in [1.82, 2.24) is 5.32 Å². The Morgan fingerprint density at radius 2 is 2.12 bits per heavy atom. The van der Waals surface area contributed by atoms with E-state index in [9.17, 15) is 4.79 Å². The number of hydrogen-bond donors (Lipinski definition) is 2. The molecule has 0 bridgehead atoms. The maximum atomic E-state index is 11.2. The van der Waals surface area contributed by atoms with Crippen LogP contribution in [0.15, 0.2) is 29.2 Å². The SMILES string of the molecule is CSc1ccc(NCC(=O)NCC#N)cc1. The Morgan fingerprint density at radius 1 is 1.44 bits per heavy atom. The van der Waals surface area contributed by atoms with Crippen molar-refractivity contribution in [2.24, 2.45) is 0 Å². The van der Waals surface area contributed by atoms with E-state index in [1.54, 1.807) is 11.8 Å². The van der Waals surface area contributed by atoms with Crippen LogP contribution in [0.5, 0.6) is 0 Å². The van der Waals surface area contributed by atoms with Crippen LogP contribution < -0.4 is 10.6 Å². The summed E-state index contributed by atoms with van der Waals surface area (Å²) in [5.74, 6) is -0.185. The molecule has 0 saturated carbocycles. The zero-order valence-corrected chi connectivity index (χ0v) is 9.80. The van der Waals surface area contributed by atoms with Gasteiger partial charge in [0, 0.05) is 10.6 Å². The summed E-state index contributed by atoms with van der Waals surface area (Å²) < 4.78 is 0. The summed E-state index contributed by atoms with van der Waals surface area (Å²) in [6, 6.07) is 9.66. The highest BCUT2D eigenvalue weighted by atomic mass is 32.2. The van der Waals surface area contributed by atoms with E-state index in [1.807, 2.05) is 36.6 Å². The van der Waals surface area contributed by atoms with Crippen LogP contribution in [-0.2, 0) is 4.79 Å². The van der Waals surface area contributed by atoms with E-state index in [2.05, 4.69) is 10.6 Å². The van der Waals surface area contributed by atoms with Crippen LogP contribution in [0.4, 0.5) is 5.69 Å². The van der Waals surface area contributed by atoms with E-state index >= 15 is 0 Å². The first-order valence-corrected chi connectivity index (χ1v) is 6.00. The highest BCUT2D eigenvalue weighted by molar-refractivity contribution is 7.98. The topological polar surface area (TPSA) is 64.9 Å². The van der Waals surface area contributed by atoms with E-state index < -0.39 is 0 Å². The van der Waals surface area contributed by atoms with Gasteiger partial charge >= 0.3 is 0 Å². The van der Waals surface area contributed by atoms with Gasteiger partial charge in [-0.15, -0.1) is 11.8 Å². The van der Waals surface area contributed by atoms with Crippen LogP contribution in [0.25, 0.3) is 0 Å². The molecule has 1 rings (SSSR count). The fourth-order valence-electron chi connectivity index (χ4n) is 1.09. The molecular weight excluding hydrogens is 222 g/mol. The van der Waals surface area contributed by atoms with Gasteiger partial charge in [0.25, 0.3) is 0 Å². The first-order chi connectivity index (χ1) is 7.76. The van der Waals surface area contributed by atoms with Gasteiger partial charge in [0.1, 0.15) is 6.54 Å². The molecular formula is C11H13N3OS. The number of benzene rings is 1. The van der Waals surface area contributed by atoms with Crippen LogP contribution in [0.1, 0.15) is 0 Å². The van der Waals surface area contributed by atoms with Crippen molar-refractivity contribution < 1.29 is 4.79 Å². The summed E-state index contributed by atoms with van der Waals surface area (Å²) in [5.41, 5.74) is 0.893. The Morgan fingerprint density at radius 3 is 2.69 bits per heavy atom. The third kappa shape index (κ3) is 4.24. The van der Waals surface area contributed by atoms with Gasteiger partial charge in [-0.2, -0.15) is 5.26 Å². The monoisotopic (exact) mass is 235 g/mol. The van der Waals surface area contributed by atoms with E-state index in [1.165, 1.54) is 4.90 Å². The van der Waals surface area contributed by atoms with Crippen molar-refractivity contribution in [3.05, 3.63) is 24.3 Å². The molecule has 0 unspecified atom stereocenters. The van der Waals surface area contributed by atoms with Crippen molar-refractivity contribution in [3.63, 3.8) is 0 Å². The lowest BCUT2D eigenvalue weighted by Gasteiger charge is -2.06. The first-order valence-electron chi connectivity index (χ1n) is 4.78. The lowest BCUT2D eigenvalue weighted by molar-refractivity contribution is -0.119. The number of rotatable bonds is 5. The van der Waals surface area contributed by atoms with Gasteiger partial charge in [-0.25, -0.2) is 0 Å². The average Bonchev–Trinajstić information content (AvgIpc) is 2.34. The normalized spacial score (nSPS) is 9.25. The minimum absolute atomic E-state index is 0.0475. The van der Waals surface area contributed by atoms with E-state index in [0.29, 0.717) is 0 Å². The quantitative estimate of drug-likeness (QED) is 0.599. The predicted octanol–water partition coefficient (Wildman–Crippen LogP) is 1.46. The van der Waals surface area contributed by atoms with Gasteiger partial charge in [0.15, 0.2) is 0 Å². The third-order valence-electron chi connectivity index (χ3n) is 1.91. The largest absolute Gasteiger partial charge is 0.376 e. The van der Waals surface area contributed by atoms with Crippen molar-refractivity contribution >= 4 is 23.4 Å². The summed E-state index contributed by atoms with van der Waals surface area (Å²) >= 11 is 1.67. The summed E-state index contributed by atoms with van der Waals surface area (Å²) in [5, 5.41) is 13.7. The highest BCUT2D eigenvalue weighted by Gasteiger charge is 1.99. The molecule has 5 heteroatoms. The predicted molar refractivity (Wildman–Crippen MR) is 65.3 cm³/mol. The molecule has 1 amide bonds. The molecule has 0 saturated heterocycles. The van der Waals surface area contributed by atoms with Crippen LogP contribution in [0.3, 0.4) is 0 Å². The molecule has 0 fully saturated rings. The Hall–Kier alpha value is -1.67. The number of nitrogens with zero attached hydrogens (tertiary/aromatic N) is 1. The molecule has 0 atom stereocenters. The maximum Gasteiger partial charge on any atom is 0.240 e. The minimum Gasteiger partial charge on any atom is -0.376 e. The molecule has 16 heavy (non-hydrogen) atoms. The van der Waals surface area contributed by atoms with E-state index in [-0.39, 0.29) is 19.0 Å². The summed E-state index contributed by atoms with van der Waals surface area (Å²) in [6.07, 6.45) is 2.01. The van der Waals surface area contributed by atoms with Gasteiger partial charge in [-0.05, 0) is 30.5 Å². The van der Waals surface area contributed by atoms with Crippen molar-refractivity contribution in [2.75, 3.05) is 24.7 Å². The molecule has 1 aromatic carbocycles. The Labute approximate surface area is 99.0 Å². The first kappa shape index (κ1) is 12.4. The van der Waals surface area contributed by atoms with Crippen LogP contribution in [0.2, 0.25) is 0 Å². The number of carbonyl (C=O) groups excluding carboxylic acids is 1. The van der Waals surface area contributed by atoms with Crippen molar-refractivity contribution in [1.29, 1.82) is 5.26 Å². The van der Waals surface area contributed by atoms with Crippen molar-refractivity contribution in [3.8, 4) is 6.07 Å². The minimum atomic E-state index is -0.185. The number of nitrogens with one attached hydrogen (secondary N) is 2. The van der Waals surface area contributed by atoms with E-state index in [4.69, 9.17) is 5.26 Å². The molecule has 0 aliphatic rings. The van der Waals surface area contributed by atoms with Gasteiger partial charge in [-0.3, -0.25) is 4.79 Å². The second kappa shape index (κ2) is 6.75. The third-order valence-corrected chi connectivity index (χ3v) is 2.65. The average molecular weight is 235 g/mol. The molecule has 0 radical (unpaired) electrons. The number of hydrogen-bond acceptors (Lipinski definition) is 4. The zero-order valence-electron chi connectivity index (χ0n) is 8.99. The molecule has 0 heterocycles. The van der Waals surface area contributed by atoms with Crippen LogP contribution in [0, 0.1) is 11.3 Å². The smallest absolute Gasteiger partial charge is 0.240 e. The van der Waals surface area contributed by atoms with E-state index in [0.717, 1.165) is 5.69 Å². The standard InChI is InChI=1S/C11H13N3OS/c1-16-10-4-2-9(3-5-10)14-8-11(15)13-7-6-12/h2-5,14H,7-8H2,1H3,(H,13,15). The lowest BCUT2D eigenvalue weighted by Crippen LogP contribution is -2.29. The van der Waals surface area contributed by atoms with Crippen LogP contribution >= 0.6 is 11.8 Å². The van der Waals surface area contributed by atoms with Gasteiger partial charge in [0.05, 0.1) is 12.6 Å². The van der Waals surface area contributed by atoms with Gasteiger partial charge in [0.2, 0.25) is 5.91 Å². The number of carbonyl (C=O) groups is 1. The molecule has 0 aliphatic carbocycles. The summed E-state index contributed by atoms with van der Waals surface area (Å²) in [4.78, 5) is 12.3. The molecule has 0 spiro atoms. The van der Waals surface area contributed by atoms with Gasteiger partial charge < -0.3 is 10.6 Å². The Bertz CT molecular complexity index is 383. The number of amides is 1. The molecule has 0 aromatic heterocycles. The fourth-order valence-corrected chi connectivity index (χ4v) is 1.50. The molecule has 4 nitrogen and oxygen atoms in total. The van der Waals surface area contributed by atoms with Crippen LogP contribution in [-0.4, -0.2) is 25.3 Å². The molecule has 84 valence electrons. The Kier molecular flexibility index (Phi) is 5.23. The lowest BCUT2D eigenvalue weighted by atomic mass is 10.3. The number of nitriles is 1. The molecule has 0 aliphatic heterocycles. The maximum absolute atomic E-state index is 11.2. The number of anilines is 1. The van der Waals surface area contributed by atoms with Crippen molar-refractivity contribution in [2.45, 2.75) is 4.90 Å². The zero-order chi connectivity index (χ0) is 11.8. The summed E-state index contributed by atoms with van der Waals surface area (Å²) in [6.45, 7) is 0.228. The molecule has 2 N–H and O–H groups in total. The second-order valence-corrected chi connectivity index (χ2v) is 3.90. The number of thioether (sulfide) groups is 1. The highest BCUT2D eigenvalue weighted by Crippen LogP contribution is 2.16. The summed E-state index contributed by atoms with van der Waals surface area (Å²) in [7, 11) is 0.